The summed E-state index contributed by atoms with van der Waals surface area (Å²) in [5.74, 6) is 0.750. The Bertz CT molecular complexity index is 746. The van der Waals surface area contributed by atoms with Crippen LogP contribution < -0.4 is 10.1 Å². The number of carbonyl (C=O) groups excluding carboxylic acids is 1. The minimum Gasteiger partial charge on any atom is -0.492 e. The van der Waals surface area contributed by atoms with E-state index in [9.17, 15) is 4.79 Å². The normalized spacial score (nSPS) is 11.4. The van der Waals surface area contributed by atoms with Gasteiger partial charge in [0.2, 0.25) is 0 Å². The summed E-state index contributed by atoms with van der Waals surface area (Å²) in [4.78, 5) is 17.7. The van der Waals surface area contributed by atoms with Gasteiger partial charge in [-0.15, -0.1) is 0 Å². The van der Waals surface area contributed by atoms with E-state index < -0.39 is 5.60 Å². The standard InChI is InChI=1S/C19H26ClN3O3/c1-19(2,3)26-18(24)23(4)11-9-21-10-12-25-14-5-6-15-16(20)7-8-22-17(15)13-14/h5-8,13,21H,9-12H2,1-4H3. The quantitative estimate of drug-likeness (QED) is 0.743. The smallest absolute Gasteiger partial charge is 0.410 e. The second-order valence-electron chi connectivity index (χ2n) is 6.97. The summed E-state index contributed by atoms with van der Waals surface area (Å²) in [6.07, 6.45) is 1.36. The lowest BCUT2D eigenvalue weighted by Crippen LogP contribution is -2.38. The third-order valence-corrected chi connectivity index (χ3v) is 3.87. The number of aromatic nitrogens is 1. The first-order valence-corrected chi connectivity index (χ1v) is 8.96. The van der Waals surface area contributed by atoms with Gasteiger partial charge in [-0.25, -0.2) is 4.79 Å². The molecule has 0 saturated carbocycles. The number of benzene rings is 1. The number of pyridine rings is 1. The van der Waals surface area contributed by atoms with Gasteiger partial charge in [0.05, 0.1) is 10.5 Å². The Morgan fingerprint density at radius 1 is 1.27 bits per heavy atom. The van der Waals surface area contributed by atoms with E-state index in [4.69, 9.17) is 21.1 Å². The van der Waals surface area contributed by atoms with Crippen molar-refractivity contribution in [3.8, 4) is 5.75 Å². The van der Waals surface area contributed by atoms with Gasteiger partial charge in [0, 0.05) is 44.3 Å². The van der Waals surface area contributed by atoms with Crippen LogP contribution in [0, 0.1) is 0 Å². The zero-order chi connectivity index (χ0) is 19.2. The maximum Gasteiger partial charge on any atom is 0.410 e. The van der Waals surface area contributed by atoms with Crippen molar-refractivity contribution in [1.82, 2.24) is 15.2 Å². The predicted molar refractivity (Wildman–Crippen MR) is 104 cm³/mol. The highest BCUT2D eigenvalue weighted by atomic mass is 35.5. The van der Waals surface area contributed by atoms with E-state index >= 15 is 0 Å². The second kappa shape index (κ2) is 9.05. The number of nitrogens with zero attached hydrogens (tertiary/aromatic N) is 2. The molecule has 1 amide bonds. The number of hydrogen-bond acceptors (Lipinski definition) is 5. The number of ether oxygens (including phenoxy) is 2. The summed E-state index contributed by atoms with van der Waals surface area (Å²) in [6.45, 7) is 7.96. The van der Waals surface area contributed by atoms with E-state index in [-0.39, 0.29) is 6.09 Å². The highest BCUT2D eigenvalue weighted by molar-refractivity contribution is 6.35. The van der Waals surface area contributed by atoms with E-state index in [1.807, 2.05) is 39.0 Å². The Balaban J connectivity index is 1.67. The van der Waals surface area contributed by atoms with Crippen LogP contribution in [0.25, 0.3) is 10.9 Å². The van der Waals surface area contributed by atoms with Gasteiger partial charge >= 0.3 is 6.09 Å². The third kappa shape index (κ3) is 6.35. The fourth-order valence-electron chi connectivity index (χ4n) is 2.23. The van der Waals surface area contributed by atoms with E-state index in [2.05, 4.69) is 10.3 Å². The van der Waals surface area contributed by atoms with Crippen molar-refractivity contribution in [2.75, 3.05) is 33.3 Å². The van der Waals surface area contributed by atoms with Crippen LogP contribution in [0.15, 0.2) is 30.5 Å². The summed E-state index contributed by atoms with van der Waals surface area (Å²) >= 11 is 6.13. The first-order valence-electron chi connectivity index (χ1n) is 8.58. The zero-order valence-electron chi connectivity index (χ0n) is 15.7. The lowest BCUT2D eigenvalue weighted by Gasteiger charge is -2.24. The minimum absolute atomic E-state index is 0.321. The van der Waals surface area contributed by atoms with Gasteiger partial charge in [0.1, 0.15) is 18.0 Å². The number of fused-ring (bicyclic) bond motifs is 1. The summed E-state index contributed by atoms with van der Waals surface area (Å²) < 4.78 is 11.0. The topological polar surface area (TPSA) is 63.7 Å². The molecule has 0 aliphatic heterocycles. The third-order valence-electron chi connectivity index (χ3n) is 3.54. The fourth-order valence-corrected chi connectivity index (χ4v) is 2.44. The van der Waals surface area contributed by atoms with Gasteiger partial charge in [-0.3, -0.25) is 4.98 Å². The highest BCUT2D eigenvalue weighted by Crippen LogP contribution is 2.24. The summed E-state index contributed by atoms with van der Waals surface area (Å²) in [6, 6.07) is 7.43. The van der Waals surface area contributed by atoms with Crippen LogP contribution in [0.1, 0.15) is 20.8 Å². The SMILES string of the molecule is CN(CCNCCOc1ccc2c(Cl)ccnc2c1)C(=O)OC(C)(C)C. The van der Waals surface area contributed by atoms with Gasteiger partial charge in [-0.1, -0.05) is 11.6 Å². The van der Waals surface area contributed by atoms with Gasteiger partial charge in [-0.05, 0) is 39.0 Å². The van der Waals surface area contributed by atoms with Gasteiger partial charge in [0.15, 0.2) is 0 Å². The molecule has 0 radical (unpaired) electrons. The summed E-state index contributed by atoms with van der Waals surface area (Å²) in [7, 11) is 1.72. The number of carbonyl (C=O) groups is 1. The van der Waals surface area contributed by atoms with Gasteiger partial charge in [0.25, 0.3) is 0 Å². The van der Waals surface area contributed by atoms with Crippen LogP contribution in [-0.4, -0.2) is 54.9 Å². The molecule has 0 spiro atoms. The molecule has 0 unspecified atom stereocenters. The van der Waals surface area contributed by atoms with Crippen molar-refractivity contribution in [3.63, 3.8) is 0 Å². The zero-order valence-corrected chi connectivity index (χ0v) is 16.5. The molecule has 1 aromatic carbocycles. The van der Waals surface area contributed by atoms with Crippen LogP contribution in [-0.2, 0) is 4.74 Å². The Morgan fingerprint density at radius 2 is 2.04 bits per heavy atom. The van der Waals surface area contributed by atoms with Crippen molar-refractivity contribution in [2.45, 2.75) is 26.4 Å². The fraction of sp³-hybridized carbons (Fsp3) is 0.474. The number of amides is 1. The maximum absolute atomic E-state index is 11.8. The lowest BCUT2D eigenvalue weighted by molar-refractivity contribution is 0.0300. The molecule has 2 aromatic rings. The summed E-state index contributed by atoms with van der Waals surface area (Å²) in [5, 5.41) is 4.82. The molecular weight excluding hydrogens is 354 g/mol. The van der Waals surface area contributed by atoms with E-state index in [1.165, 1.54) is 0 Å². The van der Waals surface area contributed by atoms with Crippen LogP contribution in [0.4, 0.5) is 4.79 Å². The van der Waals surface area contributed by atoms with Crippen LogP contribution in [0.5, 0.6) is 5.75 Å². The van der Waals surface area contributed by atoms with E-state index in [0.717, 1.165) is 16.7 Å². The molecule has 1 heterocycles. The second-order valence-corrected chi connectivity index (χ2v) is 7.38. The highest BCUT2D eigenvalue weighted by Gasteiger charge is 2.18. The van der Waals surface area contributed by atoms with Crippen LogP contribution in [0.2, 0.25) is 5.02 Å². The molecule has 0 aliphatic carbocycles. The largest absolute Gasteiger partial charge is 0.492 e. The van der Waals surface area contributed by atoms with Crippen molar-refractivity contribution in [2.24, 2.45) is 0 Å². The number of halogens is 1. The van der Waals surface area contributed by atoms with Crippen molar-refractivity contribution in [3.05, 3.63) is 35.5 Å². The molecule has 1 aromatic heterocycles. The minimum atomic E-state index is -0.481. The lowest BCUT2D eigenvalue weighted by atomic mass is 10.2. The molecule has 26 heavy (non-hydrogen) atoms. The number of hydrogen-bond donors (Lipinski definition) is 1. The van der Waals surface area contributed by atoms with Gasteiger partial charge in [-0.2, -0.15) is 0 Å². The summed E-state index contributed by atoms with van der Waals surface area (Å²) in [5.41, 5.74) is 0.327. The van der Waals surface area contributed by atoms with Crippen LogP contribution in [0.3, 0.4) is 0 Å². The number of nitrogens with one attached hydrogen (secondary N) is 1. The van der Waals surface area contributed by atoms with E-state index in [0.29, 0.717) is 31.3 Å². The first-order chi connectivity index (χ1) is 12.3. The van der Waals surface area contributed by atoms with Crippen molar-refractivity contribution < 1.29 is 14.3 Å². The molecule has 1 N–H and O–H groups in total. The molecule has 7 heteroatoms. The first kappa shape index (κ1) is 20.3. The Labute approximate surface area is 159 Å². The monoisotopic (exact) mass is 379 g/mol. The molecular formula is C19H26ClN3O3. The molecule has 2 rings (SSSR count). The molecule has 0 bridgehead atoms. The predicted octanol–water partition coefficient (Wildman–Crippen LogP) is 3.72. The van der Waals surface area contributed by atoms with Crippen LogP contribution >= 0.6 is 11.6 Å². The van der Waals surface area contributed by atoms with Crippen molar-refractivity contribution >= 4 is 28.6 Å². The Hall–Kier alpha value is -2.05. The molecule has 142 valence electrons. The Kier molecular flexibility index (Phi) is 7.06. The Morgan fingerprint density at radius 3 is 2.77 bits per heavy atom. The van der Waals surface area contributed by atoms with Gasteiger partial charge < -0.3 is 19.7 Å². The maximum atomic E-state index is 11.8. The molecule has 0 atom stereocenters. The number of likely N-dealkylation sites (N-methyl/N-ethyl adjacent to an activating group) is 1. The molecule has 0 saturated heterocycles. The average molecular weight is 380 g/mol. The van der Waals surface area contributed by atoms with E-state index in [1.54, 1.807) is 24.2 Å². The average Bonchev–Trinajstić information content (AvgIpc) is 2.56. The molecule has 0 fully saturated rings. The molecule has 6 nitrogen and oxygen atoms in total. The number of rotatable bonds is 7. The van der Waals surface area contributed by atoms with Crippen molar-refractivity contribution in [1.29, 1.82) is 0 Å². The molecule has 0 aliphatic rings.